The molecule has 2 rings (SSSR count). The lowest BCUT2D eigenvalue weighted by Gasteiger charge is -2.41. The minimum atomic E-state index is -0.213. The number of likely N-dealkylation sites (tertiary alicyclic amines) is 1. The zero-order chi connectivity index (χ0) is 10.7. The number of nitrogens with zero attached hydrogens (tertiary/aromatic N) is 2. The zero-order valence-electron chi connectivity index (χ0n) is 8.50. The van der Waals surface area contributed by atoms with Gasteiger partial charge in [-0.3, -0.25) is 4.90 Å². The van der Waals surface area contributed by atoms with Crippen molar-refractivity contribution in [3.8, 4) is 6.07 Å². The summed E-state index contributed by atoms with van der Waals surface area (Å²) in [5.74, 6) is 0. The van der Waals surface area contributed by atoms with Crippen LogP contribution in [-0.2, 0) is 0 Å². The van der Waals surface area contributed by atoms with Crippen molar-refractivity contribution in [1.29, 1.82) is 5.26 Å². The molecule has 0 aromatic heterocycles. The molecule has 1 aliphatic heterocycles. The Hall–Kier alpha value is -1.37. The van der Waals surface area contributed by atoms with E-state index in [1.54, 1.807) is 0 Å². The number of benzene rings is 1. The Bertz CT molecular complexity index is 352. The Balaban J connectivity index is 2.11. The molecule has 1 saturated heterocycles. The molecule has 1 unspecified atom stereocenters. The maximum atomic E-state index is 9.26. The Morgan fingerprint density at radius 3 is 2.60 bits per heavy atom. The molecule has 0 aliphatic carbocycles. The maximum Gasteiger partial charge on any atom is 0.0794 e. The summed E-state index contributed by atoms with van der Waals surface area (Å²) in [6.45, 7) is 1.36. The van der Waals surface area contributed by atoms with E-state index in [9.17, 15) is 5.11 Å². The highest BCUT2D eigenvalue weighted by atomic mass is 16.3. The molecule has 1 aromatic rings. The lowest BCUT2D eigenvalue weighted by Crippen LogP contribution is -2.52. The van der Waals surface area contributed by atoms with Crippen molar-refractivity contribution in [2.75, 3.05) is 13.1 Å². The van der Waals surface area contributed by atoms with Gasteiger partial charge in [-0.2, -0.15) is 5.26 Å². The Morgan fingerprint density at radius 1 is 1.40 bits per heavy atom. The van der Waals surface area contributed by atoms with Crippen LogP contribution in [0.5, 0.6) is 0 Å². The van der Waals surface area contributed by atoms with Crippen molar-refractivity contribution in [1.82, 2.24) is 4.90 Å². The van der Waals surface area contributed by atoms with Gasteiger partial charge in [-0.05, 0) is 5.56 Å². The maximum absolute atomic E-state index is 9.26. The van der Waals surface area contributed by atoms with Crippen LogP contribution in [0, 0.1) is 11.3 Å². The number of aliphatic hydroxyl groups is 1. The third-order valence-corrected chi connectivity index (χ3v) is 2.80. The lowest BCUT2D eigenvalue weighted by atomic mass is 9.98. The fraction of sp³-hybridized carbons (Fsp3) is 0.417. The molecule has 1 fully saturated rings. The van der Waals surface area contributed by atoms with E-state index in [0.29, 0.717) is 19.5 Å². The van der Waals surface area contributed by atoms with Gasteiger partial charge in [0.1, 0.15) is 0 Å². The first-order valence-electron chi connectivity index (χ1n) is 5.15. The molecule has 15 heavy (non-hydrogen) atoms. The van der Waals surface area contributed by atoms with Crippen LogP contribution in [0.4, 0.5) is 0 Å². The van der Waals surface area contributed by atoms with E-state index in [0.717, 1.165) is 5.56 Å². The van der Waals surface area contributed by atoms with Gasteiger partial charge in [-0.25, -0.2) is 0 Å². The number of aliphatic hydroxyl groups excluding tert-OH is 1. The third kappa shape index (κ3) is 2.17. The van der Waals surface area contributed by atoms with Gasteiger partial charge >= 0.3 is 0 Å². The highest BCUT2D eigenvalue weighted by Gasteiger charge is 2.31. The summed E-state index contributed by atoms with van der Waals surface area (Å²) in [4.78, 5) is 2.14. The highest BCUT2D eigenvalue weighted by molar-refractivity contribution is 5.20. The van der Waals surface area contributed by atoms with Crippen LogP contribution in [0.25, 0.3) is 0 Å². The van der Waals surface area contributed by atoms with Gasteiger partial charge in [0.05, 0.1) is 18.6 Å². The molecule has 1 aromatic carbocycles. The summed E-state index contributed by atoms with van der Waals surface area (Å²) in [5, 5.41) is 18.1. The second-order valence-electron chi connectivity index (χ2n) is 3.90. The van der Waals surface area contributed by atoms with Gasteiger partial charge < -0.3 is 5.11 Å². The molecule has 0 saturated carbocycles. The molecule has 0 bridgehead atoms. The van der Waals surface area contributed by atoms with Gasteiger partial charge in [-0.15, -0.1) is 0 Å². The normalized spacial score (nSPS) is 19.2. The zero-order valence-corrected chi connectivity index (χ0v) is 8.50. The molecule has 0 amide bonds. The SMILES string of the molecule is N#CCC(c1ccccc1)N1CC(O)C1. The minimum absolute atomic E-state index is 0.139. The second-order valence-corrected chi connectivity index (χ2v) is 3.90. The largest absolute Gasteiger partial charge is 0.390 e. The molecule has 0 radical (unpaired) electrons. The summed E-state index contributed by atoms with van der Waals surface area (Å²) >= 11 is 0. The second kappa shape index (κ2) is 4.43. The minimum Gasteiger partial charge on any atom is -0.390 e. The number of β-amino-alcohol motifs (C(OH)–C–C–N with tert-alkyl or cyclic N) is 1. The Labute approximate surface area is 89.6 Å². The molecule has 1 atom stereocenters. The fourth-order valence-electron chi connectivity index (χ4n) is 1.96. The van der Waals surface area contributed by atoms with Crippen LogP contribution in [0.15, 0.2) is 30.3 Å². The van der Waals surface area contributed by atoms with Crippen LogP contribution in [0.1, 0.15) is 18.0 Å². The van der Waals surface area contributed by atoms with Crippen LogP contribution >= 0.6 is 0 Å². The van der Waals surface area contributed by atoms with E-state index in [1.807, 2.05) is 30.3 Å². The number of rotatable bonds is 3. The van der Waals surface area contributed by atoms with E-state index < -0.39 is 0 Å². The summed E-state index contributed by atoms with van der Waals surface area (Å²) in [6.07, 6.45) is 0.270. The summed E-state index contributed by atoms with van der Waals surface area (Å²) in [5.41, 5.74) is 1.16. The number of nitriles is 1. The lowest BCUT2D eigenvalue weighted by molar-refractivity contribution is -0.0245. The van der Waals surface area contributed by atoms with Gasteiger partial charge in [0.2, 0.25) is 0 Å². The summed E-state index contributed by atoms with van der Waals surface area (Å²) in [6, 6.07) is 12.3. The molecule has 78 valence electrons. The predicted octanol–water partition coefficient (Wildman–Crippen LogP) is 1.32. The van der Waals surface area contributed by atoms with Crippen LogP contribution in [0.2, 0.25) is 0 Å². The van der Waals surface area contributed by atoms with Crippen LogP contribution in [0.3, 0.4) is 0 Å². The topological polar surface area (TPSA) is 47.3 Å². The number of hydrogen-bond acceptors (Lipinski definition) is 3. The van der Waals surface area contributed by atoms with E-state index in [4.69, 9.17) is 5.26 Å². The van der Waals surface area contributed by atoms with Crippen molar-refractivity contribution in [2.45, 2.75) is 18.6 Å². The van der Waals surface area contributed by atoms with E-state index >= 15 is 0 Å². The molecular weight excluding hydrogens is 188 g/mol. The smallest absolute Gasteiger partial charge is 0.0794 e. The molecule has 0 spiro atoms. The molecule has 3 nitrogen and oxygen atoms in total. The summed E-state index contributed by atoms with van der Waals surface area (Å²) in [7, 11) is 0. The van der Waals surface area contributed by atoms with E-state index in [2.05, 4.69) is 11.0 Å². The predicted molar refractivity (Wildman–Crippen MR) is 57.0 cm³/mol. The quantitative estimate of drug-likeness (QED) is 0.804. The average molecular weight is 202 g/mol. The van der Waals surface area contributed by atoms with Crippen molar-refractivity contribution in [3.05, 3.63) is 35.9 Å². The number of hydrogen-bond donors (Lipinski definition) is 1. The first-order valence-corrected chi connectivity index (χ1v) is 5.15. The summed E-state index contributed by atoms with van der Waals surface area (Å²) < 4.78 is 0. The first-order chi connectivity index (χ1) is 7.31. The molecule has 3 heteroatoms. The van der Waals surface area contributed by atoms with Crippen molar-refractivity contribution in [2.24, 2.45) is 0 Å². The van der Waals surface area contributed by atoms with E-state index in [1.165, 1.54) is 0 Å². The van der Waals surface area contributed by atoms with Crippen molar-refractivity contribution >= 4 is 0 Å². The third-order valence-electron chi connectivity index (χ3n) is 2.80. The molecule has 1 N–H and O–H groups in total. The monoisotopic (exact) mass is 202 g/mol. The molecular formula is C12H14N2O. The standard InChI is InChI=1S/C12H14N2O/c13-7-6-12(14-8-11(15)9-14)10-4-2-1-3-5-10/h1-5,11-12,15H,6,8-9H2. The Kier molecular flexibility index (Phi) is 3.00. The van der Waals surface area contributed by atoms with Crippen molar-refractivity contribution < 1.29 is 5.11 Å². The highest BCUT2D eigenvalue weighted by Crippen LogP contribution is 2.28. The van der Waals surface area contributed by atoms with Crippen LogP contribution in [-0.4, -0.2) is 29.2 Å². The molecule has 1 aliphatic rings. The fourth-order valence-corrected chi connectivity index (χ4v) is 1.96. The van der Waals surface area contributed by atoms with Gasteiger partial charge in [0.25, 0.3) is 0 Å². The first kappa shape index (κ1) is 10.2. The van der Waals surface area contributed by atoms with Gasteiger partial charge in [-0.1, -0.05) is 30.3 Å². The van der Waals surface area contributed by atoms with Gasteiger partial charge in [0.15, 0.2) is 0 Å². The van der Waals surface area contributed by atoms with E-state index in [-0.39, 0.29) is 12.1 Å². The molecule has 1 heterocycles. The van der Waals surface area contributed by atoms with Gasteiger partial charge in [0, 0.05) is 19.1 Å². The van der Waals surface area contributed by atoms with Crippen molar-refractivity contribution in [3.63, 3.8) is 0 Å². The average Bonchev–Trinajstić information content (AvgIpc) is 2.23. The Morgan fingerprint density at radius 2 is 2.07 bits per heavy atom. The van der Waals surface area contributed by atoms with Crippen LogP contribution < -0.4 is 0 Å².